The van der Waals surface area contributed by atoms with Crippen molar-refractivity contribution >= 4 is 9.04 Å². The first kappa shape index (κ1) is 11.2. The highest BCUT2D eigenvalue weighted by molar-refractivity contribution is 6.51. The molecule has 0 heterocycles. The molecular weight excluding hydrogens is 152 g/mol. The molecule has 0 saturated carbocycles. The Balaban J connectivity index is 3.79. The van der Waals surface area contributed by atoms with Crippen LogP contribution in [0.3, 0.4) is 0 Å². The van der Waals surface area contributed by atoms with Crippen molar-refractivity contribution in [3.63, 3.8) is 0 Å². The Morgan fingerprint density at radius 1 is 1.09 bits per heavy atom. The summed E-state index contributed by atoms with van der Waals surface area (Å²) in [5, 5.41) is 0. The zero-order valence-corrected chi connectivity index (χ0v) is 9.76. The lowest BCUT2D eigenvalue weighted by Gasteiger charge is -2.28. The van der Waals surface area contributed by atoms with Crippen molar-refractivity contribution in [2.24, 2.45) is 0 Å². The average molecular weight is 174 g/mol. The van der Waals surface area contributed by atoms with Gasteiger partial charge < -0.3 is 4.43 Å². The van der Waals surface area contributed by atoms with Gasteiger partial charge in [0.1, 0.15) is 0 Å². The SMILES string of the molecule is CC[SiH](CC)OC(C)(C)CC. The molecule has 0 spiro atoms. The third kappa shape index (κ3) is 4.59. The Kier molecular flexibility index (Phi) is 5.02. The minimum absolute atomic E-state index is 0.128. The summed E-state index contributed by atoms with van der Waals surface area (Å²) in [5.74, 6) is 0. The molecule has 0 aromatic heterocycles. The van der Waals surface area contributed by atoms with Gasteiger partial charge in [-0.15, -0.1) is 0 Å². The molecule has 68 valence electrons. The summed E-state index contributed by atoms with van der Waals surface area (Å²) in [6.07, 6.45) is 1.12. The molecule has 2 heteroatoms. The first-order valence-corrected chi connectivity index (χ1v) is 6.84. The van der Waals surface area contributed by atoms with Crippen molar-refractivity contribution in [1.82, 2.24) is 0 Å². The van der Waals surface area contributed by atoms with Crippen LogP contribution in [-0.2, 0) is 4.43 Å². The molecule has 11 heavy (non-hydrogen) atoms. The molecule has 0 aromatic carbocycles. The predicted octanol–water partition coefficient (Wildman–Crippen LogP) is 2.96. The minimum atomic E-state index is -0.835. The van der Waals surface area contributed by atoms with Gasteiger partial charge in [0.25, 0.3) is 0 Å². The van der Waals surface area contributed by atoms with Crippen LogP contribution in [0.4, 0.5) is 0 Å². The molecule has 0 bridgehead atoms. The zero-order chi connectivity index (χ0) is 8.91. The van der Waals surface area contributed by atoms with Crippen molar-refractivity contribution < 1.29 is 4.43 Å². The van der Waals surface area contributed by atoms with E-state index in [4.69, 9.17) is 4.43 Å². The first-order chi connectivity index (χ1) is 5.05. The molecule has 0 aliphatic rings. The molecule has 0 amide bonds. The van der Waals surface area contributed by atoms with E-state index in [0.717, 1.165) is 6.42 Å². The van der Waals surface area contributed by atoms with E-state index < -0.39 is 9.04 Å². The third-order valence-corrected chi connectivity index (χ3v) is 5.04. The Labute approximate surface area is 72.9 Å². The van der Waals surface area contributed by atoms with E-state index in [1.54, 1.807) is 0 Å². The number of hydrogen-bond acceptors (Lipinski definition) is 1. The van der Waals surface area contributed by atoms with Crippen LogP contribution in [-0.4, -0.2) is 14.6 Å². The van der Waals surface area contributed by atoms with Crippen LogP contribution in [0, 0.1) is 0 Å². The topological polar surface area (TPSA) is 9.23 Å². The summed E-state index contributed by atoms with van der Waals surface area (Å²) in [6, 6.07) is 2.53. The smallest absolute Gasteiger partial charge is 0.177 e. The normalized spacial score (nSPS) is 12.5. The lowest BCUT2D eigenvalue weighted by molar-refractivity contribution is 0.102. The highest BCUT2D eigenvalue weighted by Gasteiger charge is 2.19. The van der Waals surface area contributed by atoms with E-state index in [1.807, 2.05) is 0 Å². The van der Waals surface area contributed by atoms with Gasteiger partial charge in [0, 0.05) is 0 Å². The van der Waals surface area contributed by atoms with Gasteiger partial charge in [0.05, 0.1) is 5.60 Å². The first-order valence-electron chi connectivity index (χ1n) is 4.73. The van der Waals surface area contributed by atoms with Crippen LogP contribution in [0.5, 0.6) is 0 Å². The second-order valence-corrected chi connectivity index (χ2v) is 6.78. The van der Waals surface area contributed by atoms with Crippen LogP contribution < -0.4 is 0 Å². The van der Waals surface area contributed by atoms with Gasteiger partial charge in [0.2, 0.25) is 0 Å². The van der Waals surface area contributed by atoms with Crippen molar-refractivity contribution in [2.45, 2.75) is 58.7 Å². The summed E-state index contributed by atoms with van der Waals surface area (Å²) < 4.78 is 6.02. The van der Waals surface area contributed by atoms with Crippen LogP contribution in [0.2, 0.25) is 12.1 Å². The molecule has 0 aliphatic carbocycles. The van der Waals surface area contributed by atoms with Gasteiger partial charge in [-0.2, -0.15) is 0 Å². The molecule has 0 rings (SSSR count). The predicted molar refractivity (Wildman–Crippen MR) is 53.6 cm³/mol. The van der Waals surface area contributed by atoms with Crippen LogP contribution in [0.15, 0.2) is 0 Å². The van der Waals surface area contributed by atoms with E-state index in [1.165, 1.54) is 12.1 Å². The van der Waals surface area contributed by atoms with E-state index in [2.05, 4.69) is 34.6 Å². The fourth-order valence-corrected chi connectivity index (χ4v) is 2.97. The van der Waals surface area contributed by atoms with Gasteiger partial charge in [-0.25, -0.2) is 0 Å². The summed E-state index contributed by atoms with van der Waals surface area (Å²) in [4.78, 5) is 0. The zero-order valence-electron chi connectivity index (χ0n) is 8.61. The second-order valence-electron chi connectivity index (χ2n) is 3.67. The second kappa shape index (κ2) is 4.94. The van der Waals surface area contributed by atoms with Gasteiger partial charge >= 0.3 is 0 Å². The van der Waals surface area contributed by atoms with Gasteiger partial charge in [-0.05, 0) is 32.4 Å². The van der Waals surface area contributed by atoms with Crippen molar-refractivity contribution in [3.05, 3.63) is 0 Å². The maximum Gasteiger partial charge on any atom is 0.177 e. The molecule has 0 N–H and O–H groups in total. The van der Waals surface area contributed by atoms with E-state index >= 15 is 0 Å². The molecule has 0 saturated heterocycles. The maximum atomic E-state index is 6.02. The molecule has 0 aromatic rings. The lowest BCUT2D eigenvalue weighted by Crippen LogP contribution is -2.31. The quantitative estimate of drug-likeness (QED) is 0.582. The van der Waals surface area contributed by atoms with Crippen molar-refractivity contribution in [3.8, 4) is 0 Å². The lowest BCUT2D eigenvalue weighted by atomic mass is 10.1. The summed E-state index contributed by atoms with van der Waals surface area (Å²) in [5.41, 5.74) is 0.128. The molecular formula is C9H22OSi. The molecule has 0 atom stereocenters. The average Bonchev–Trinajstić information content (AvgIpc) is 2.00. The Hall–Kier alpha value is 0.177. The summed E-state index contributed by atoms with van der Waals surface area (Å²) in [6.45, 7) is 11.1. The van der Waals surface area contributed by atoms with Crippen LogP contribution >= 0.6 is 0 Å². The highest BCUT2D eigenvalue weighted by Crippen LogP contribution is 2.17. The minimum Gasteiger partial charge on any atom is -0.415 e. The van der Waals surface area contributed by atoms with Crippen LogP contribution in [0.1, 0.15) is 41.0 Å². The molecule has 0 unspecified atom stereocenters. The maximum absolute atomic E-state index is 6.02. The van der Waals surface area contributed by atoms with E-state index in [-0.39, 0.29) is 5.60 Å². The Bertz CT molecular complexity index is 97.7. The fourth-order valence-electron chi connectivity index (χ4n) is 0.990. The summed E-state index contributed by atoms with van der Waals surface area (Å²) in [7, 11) is -0.835. The highest BCUT2D eigenvalue weighted by atomic mass is 28.3. The molecule has 0 aliphatic heterocycles. The standard InChI is InChI=1S/C9H22OSi/c1-6-9(4,5)10-11(7-2)8-3/h11H,6-8H2,1-5H3. The Morgan fingerprint density at radius 3 is 1.82 bits per heavy atom. The van der Waals surface area contributed by atoms with Gasteiger partial charge in [-0.3, -0.25) is 0 Å². The molecule has 0 radical (unpaired) electrons. The van der Waals surface area contributed by atoms with Crippen molar-refractivity contribution in [1.29, 1.82) is 0 Å². The number of hydrogen-bond donors (Lipinski definition) is 0. The molecule has 1 nitrogen and oxygen atoms in total. The molecule has 0 fully saturated rings. The van der Waals surface area contributed by atoms with Crippen molar-refractivity contribution in [2.75, 3.05) is 0 Å². The fraction of sp³-hybridized carbons (Fsp3) is 1.00. The van der Waals surface area contributed by atoms with Gasteiger partial charge in [0.15, 0.2) is 9.04 Å². The van der Waals surface area contributed by atoms with Gasteiger partial charge in [-0.1, -0.05) is 20.8 Å². The largest absolute Gasteiger partial charge is 0.415 e. The van der Waals surface area contributed by atoms with E-state index in [0.29, 0.717) is 0 Å². The van der Waals surface area contributed by atoms with E-state index in [9.17, 15) is 0 Å². The monoisotopic (exact) mass is 174 g/mol. The Morgan fingerprint density at radius 2 is 1.55 bits per heavy atom. The summed E-state index contributed by atoms with van der Waals surface area (Å²) >= 11 is 0. The number of rotatable bonds is 5. The van der Waals surface area contributed by atoms with Crippen LogP contribution in [0.25, 0.3) is 0 Å². The third-order valence-electron chi connectivity index (χ3n) is 2.25.